The number of thioether (sulfide) groups is 1. The third-order valence-electron chi connectivity index (χ3n) is 3.62. The smallest absolute Gasteiger partial charge is 0.258 e. The highest BCUT2D eigenvalue weighted by Crippen LogP contribution is 2.23. The number of carbonyl (C=O) groups is 2. The molecule has 0 aliphatic heterocycles. The average Bonchev–Trinajstić information content (AvgIpc) is 2.56. The lowest BCUT2D eigenvalue weighted by atomic mass is 10.0. The van der Waals surface area contributed by atoms with Crippen LogP contribution in [0.5, 0.6) is 0 Å². The van der Waals surface area contributed by atoms with Crippen LogP contribution >= 0.6 is 11.8 Å². The number of imide groups is 1. The predicted octanol–water partition coefficient (Wildman–Crippen LogP) is 3.99. The van der Waals surface area contributed by atoms with Crippen molar-refractivity contribution in [2.75, 3.05) is 0 Å². The summed E-state index contributed by atoms with van der Waals surface area (Å²) in [7, 11) is 0. The van der Waals surface area contributed by atoms with Gasteiger partial charge in [-0.2, -0.15) is 0 Å². The van der Waals surface area contributed by atoms with Crippen LogP contribution in [-0.2, 0) is 15.3 Å². The molecule has 2 aromatic rings. The van der Waals surface area contributed by atoms with Crippen LogP contribution in [0.25, 0.3) is 5.57 Å². The maximum atomic E-state index is 12.9. The molecule has 0 saturated carbocycles. The van der Waals surface area contributed by atoms with Gasteiger partial charge in [-0.1, -0.05) is 30.3 Å². The molecule has 2 amide bonds. The van der Waals surface area contributed by atoms with Gasteiger partial charge < -0.3 is 0 Å². The fourth-order valence-corrected chi connectivity index (χ4v) is 2.97. The van der Waals surface area contributed by atoms with Crippen molar-refractivity contribution in [3.63, 3.8) is 0 Å². The molecule has 0 aliphatic rings. The number of hydrogen-bond acceptors (Lipinski definition) is 3. The molecule has 0 saturated heterocycles. The van der Waals surface area contributed by atoms with E-state index < -0.39 is 5.91 Å². The third kappa shape index (κ3) is 4.80. The van der Waals surface area contributed by atoms with E-state index in [1.54, 1.807) is 17.5 Å². The van der Waals surface area contributed by atoms with Crippen LogP contribution in [0.15, 0.2) is 47.9 Å². The van der Waals surface area contributed by atoms with Gasteiger partial charge >= 0.3 is 0 Å². The van der Waals surface area contributed by atoms with Crippen molar-refractivity contribution in [1.29, 1.82) is 0 Å². The molecule has 0 heterocycles. The Morgan fingerprint density at radius 1 is 1.12 bits per heavy atom. The summed E-state index contributed by atoms with van der Waals surface area (Å²) in [5, 5.41) is 3.91. The number of amides is 2. The van der Waals surface area contributed by atoms with Crippen molar-refractivity contribution >= 4 is 29.7 Å². The van der Waals surface area contributed by atoms with Gasteiger partial charge in [-0.15, -0.1) is 11.8 Å². The molecule has 0 aromatic heterocycles. The van der Waals surface area contributed by atoms with E-state index in [9.17, 15) is 14.0 Å². The molecule has 2 aromatic carbocycles. The molecule has 2 rings (SSSR count). The highest BCUT2D eigenvalue weighted by Gasteiger charge is 2.12. The molecule has 3 nitrogen and oxygen atoms in total. The first kappa shape index (κ1) is 17.9. The Morgan fingerprint density at radius 2 is 1.83 bits per heavy atom. The number of halogens is 1. The zero-order valence-corrected chi connectivity index (χ0v) is 14.3. The Labute approximate surface area is 145 Å². The van der Waals surface area contributed by atoms with Crippen molar-refractivity contribution in [2.24, 2.45) is 0 Å². The molecule has 24 heavy (non-hydrogen) atoms. The number of rotatable bonds is 6. The molecular formula is C19H18FNO2S. The number of hydrogen-bond donors (Lipinski definition) is 1. The Bertz CT molecular complexity index is 769. The molecule has 0 radical (unpaired) electrons. The Morgan fingerprint density at radius 3 is 2.46 bits per heavy atom. The Hall–Kier alpha value is -2.40. The second-order valence-corrected chi connectivity index (χ2v) is 6.22. The summed E-state index contributed by atoms with van der Waals surface area (Å²) in [5.74, 6) is -0.122. The van der Waals surface area contributed by atoms with Gasteiger partial charge in [0.2, 0.25) is 6.41 Å². The van der Waals surface area contributed by atoms with E-state index in [0.717, 1.165) is 22.3 Å². The average molecular weight is 343 g/mol. The van der Waals surface area contributed by atoms with Gasteiger partial charge in [0, 0.05) is 5.75 Å². The minimum Gasteiger partial charge on any atom is -0.295 e. The van der Waals surface area contributed by atoms with Crippen molar-refractivity contribution in [2.45, 2.75) is 19.6 Å². The summed E-state index contributed by atoms with van der Waals surface area (Å²) < 4.78 is 12.9. The minimum atomic E-state index is -0.445. The van der Waals surface area contributed by atoms with Crippen molar-refractivity contribution in [1.82, 2.24) is 5.32 Å². The summed E-state index contributed by atoms with van der Waals surface area (Å²) in [6.07, 6.45) is 0.377. The first-order valence-electron chi connectivity index (χ1n) is 7.39. The summed E-state index contributed by atoms with van der Waals surface area (Å²) in [4.78, 5) is 22.8. The van der Waals surface area contributed by atoms with Crippen LogP contribution in [0, 0.1) is 19.7 Å². The van der Waals surface area contributed by atoms with E-state index in [1.807, 2.05) is 32.0 Å². The highest BCUT2D eigenvalue weighted by atomic mass is 32.2. The van der Waals surface area contributed by atoms with Crippen LogP contribution in [0.2, 0.25) is 0 Å². The fourth-order valence-electron chi connectivity index (χ4n) is 2.09. The number of carbonyl (C=O) groups excluding carboxylic acids is 2. The Kier molecular flexibility index (Phi) is 6.32. The summed E-state index contributed by atoms with van der Waals surface area (Å²) >= 11 is 1.42. The van der Waals surface area contributed by atoms with Crippen LogP contribution in [0.1, 0.15) is 22.3 Å². The monoisotopic (exact) mass is 343 g/mol. The molecule has 0 unspecified atom stereocenters. The second kappa shape index (κ2) is 8.45. The number of aryl methyl sites for hydroxylation is 2. The van der Waals surface area contributed by atoms with E-state index >= 15 is 0 Å². The van der Waals surface area contributed by atoms with Crippen LogP contribution in [0.4, 0.5) is 4.39 Å². The standard InChI is InChI=1S/C19H18FNO2S/c1-13-3-6-16(9-14(13)2)18(19(23)21-12-22)11-24-10-15-4-7-17(20)8-5-15/h3-9,11-12H,10H2,1-2H3,(H,21,22,23)/b18-11-. The SMILES string of the molecule is Cc1ccc(/C(=C/SCc2ccc(F)cc2)C(=O)NC=O)cc1C. The van der Waals surface area contributed by atoms with Crippen molar-refractivity contribution in [3.8, 4) is 0 Å². The molecule has 5 heteroatoms. The Balaban J connectivity index is 2.21. The summed E-state index contributed by atoms with van der Waals surface area (Å²) in [6.45, 7) is 3.97. The van der Waals surface area contributed by atoms with Crippen LogP contribution in [0.3, 0.4) is 0 Å². The van der Waals surface area contributed by atoms with Gasteiger partial charge in [-0.25, -0.2) is 4.39 Å². The van der Waals surface area contributed by atoms with E-state index in [2.05, 4.69) is 5.32 Å². The van der Waals surface area contributed by atoms with Crippen LogP contribution in [-0.4, -0.2) is 12.3 Å². The van der Waals surface area contributed by atoms with Gasteiger partial charge in [-0.3, -0.25) is 14.9 Å². The first-order chi connectivity index (χ1) is 11.5. The molecule has 0 bridgehead atoms. The van der Waals surface area contributed by atoms with E-state index in [0.29, 0.717) is 17.7 Å². The minimum absolute atomic E-state index is 0.277. The molecule has 124 valence electrons. The van der Waals surface area contributed by atoms with Gasteiger partial charge in [-0.05, 0) is 53.6 Å². The maximum absolute atomic E-state index is 12.9. The molecule has 1 N–H and O–H groups in total. The van der Waals surface area contributed by atoms with E-state index in [1.165, 1.54) is 23.9 Å². The lowest BCUT2D eigenvalue weighted by Gasteiger charge is -2.09. The predicted molar refractivity (Wildman–Crippen MR) is 95.8 cm³/mol. The first-order valence-corrected chi connectivity index (χ1v) is 8.44. The molecule has 0 spiro atoms. The lowest BCUT2D eigenvalue weighted by molar-refractivity contribution is -0.121. The second-order valence-electron chi connectivity index (χ2n) is 5.36. The zero-order chi connectivity index (χ0) is 17.5. The zero-order valence-electron chi connectivity index (χ0n) is 13.5. The topological polar surface area (TPSA) is 46.2 Å². The maximum Gasteiger partial charge on any atom is 0.258 e. The molecule has 0 aliphatic carbocycles. The van der Waals surface area contributed by atoms with Gasteiger partial charge in [0.1, 0.15) is 5.82 Å². The molecule has 0 fully saturated rings. The molecule has 0 atom stereocenters. The fraction of sp³-hybridized carbons (Fsp3) is 0.158. The van der Waals surface area contributed by atoms with E-state index in [-0.39, 0.29) is 5.82 Å². The highest BCUT2D eigenvalue weighted by molar-refractivity contribution is 8.01. The quantitative estimate of drug-likeness (QED) is 0.637. The van der Waals surface area contributed by atoms with E-state index in [4.69, 9.17) is 0 Å². The van der Waals surface area contributed by atoms with Crippen molar-refractivity contribution < 1.29 is 14.0 Å². The summed E-state index contributed by atoms with van der Waals surface area (Å²) in [5.41, 5.74) is 4.34. The van der Waals surface area contributed by atoms with Gasteiger partial charge in [0.05, 0.1) is 5.57 Å². The third-order valence-corrected chi connectivity index (χ3v) is 4.52. The number of benzene rings is 2. The van der Waals surface area contributed by atoms with Gasteiger partial charge in [0.15, 0.2) is 0 Å². The normalized spacial score (nSPS) is 11.2. The van der Waals surface area contributed by atoms with Crippen LogP contribution < -0.4 is 5.32 Å². The summed E-state index contributed by atoms with van der Waals surface area (Å²) in [6, 6.07) is 11.9. The largest absolute Gasteiger partial charge is 0.295 e. The number of nitrogens with one attached hydrogen (secondary N) is 1. The van der Waals surface area contributed by atoms with Crippen molar-refractivity contribution in [3.05, 3.63) is 75.9 Å². The van der Waals surface area contributed by atoms with Gasteiger partial charge in [0.25, 0.3) is 5.91 Å². The lowest BCUT2D eigenvalue weighted by Crippen LogP contribution is -2.22. The molecular weight excluding hydrogens is 325 g/mol.